The maximum absolute atomic E-state index is 15.7. The summed E-state index contributed by atoms with van der Waals surface area (Å²) in [6, 6.07) is 2.03. The maximum Gasteiger partial charge on any atom is 0.417 e. The molecule has 2 aromatic heterocycles. The van der Waals surface area contributed by atoms with Gasteiger partial charge in [0, 0.05) is 25.0 Å². The van der Waals surface area contributed by atoms with Crippen molar-refractivity contribution in [1.29, 1.82) is 5.26 Å². The van der Waals surface area contributed by atoms with Crippen molar-refractivity contribution in [3.63, 3.8) is 0 Å². The van der Waals surface area contributed by atoms with Crippen molar-refractivity contribution in [2.75, 3.05) is 38.6 Å². The van der Waals surface area contributed by atoms with E-state index in [2.05, 4.69) is 49.1 Å². The van der Waals surface area contributed by atoms with Crippen molar-refractivity contribution < 1.29 is 27.1 Å². The van der Waals surface area contributed by atoms with Crippen LogP contribution < -0.4 is 4.90 Å². The molecular weight excluding hydrogens is 636 g/mol. The molecule has 2 atom stereocenters. The number of pyridine rings is 1. The lowest BCUT2D eigenvalue weighted by atomic mass is 9.90. The number of likely N-dealkylation sites (N-methyl/N-ethyl adjacent to an activating group) is 1. The molecule has 4 heterocycles. The maximum atomic E-state index is 15.7. The highest BCUT2D eigenvalue weighted by atomic mass is 79.9. The summed E-state index contributed by atoms with van der Waals surface area (Å²) in [6.07, 6.45) is -4.72. The molecule has 3 aromatic rings. The quantitative estimate of drug-likeness (QED) is 0.317. The molecule has 2 aliphatic rings. The van der Waals surface area contributed by atoms with Gasteiger partial charge in [-0.25, -0.2) is 18.9 Å². The number of alkyl halides is 3. The highest BCUT2D eigenvalue weighted by molar-refractivity contribution is 9.10. The minimum atomic E-state index is -4.83. The van der Waals surface area contributed by atoms with Crippen molar-refractivity contribution in [2.24, 2.45) is 0 Å². The summed E-state index contributed by atoms with van der Waals surface area (Å²) in [5, 5.41) is 18.2. The number of piperidine rings is 1. The number of carbonyl (C=O) groups is 1. The Morgan fingerprint density at radius 3 is 2.51 bits per heavy atom. The number of aromatic nitrogens is 4. The second-order valence-electron chi connectivity index (χ2n) is 12.7. The lowest BCUT2D eigenvalue weighted by Gasteiger charge is -2.52. The summed E-state index contributed by atoms with van der Waals surface area (Å²) in [4.78, 5) is 22.9. The molecule has 2 saturated heterocycles. The zero-order chi connectivity index (χ0) is 31.6. The molecule has 0 aliphatic carbocycles. The Hall–Kier alpha value is -3.25. The van der Waals surface area contributed by atoms with E-state index in [0.29, 0.717) is 25.3 Å². The third-order valence-electron chi connectivity index (χ3n) is 8.30. The first-order valence-corrected chi connectivity index (χ1v) is 14.7. The molecule has 0 bridgehead atoms. The van der Waals surface area contributed by atoms with Gasteiger partial charge in [0.15, 0.2) is 17.2 Å². The molecule has 2 fully saturated rings. The van der Waals surface area contributed by atoms with Gasteiger partial charge >= 0.3 is 12.3 Å². The fourth-order valence-corrected chi connectivity index (χ4v) is 6.29. The molecule has 10 nitrogen and oxygen atoms in total. The van der Waals surface area contributed by atoms with Crippen LogP contribution in [0.25, 0.3) is 21.9 Å². The summed E-state index contributed by atoms with van der Waals surface area (Å²) >= 11 is 2.81. The van der Waals surface area contributed by atoms with E-state index in [9.17, 15) is 23.2 Å². The van der Waals surface area contributed by atoms with Crippen molar-refractivity contribution in [3.8, 4) is 6.07 Å². The lowest BCUT2D eigenvalue weighted by Crippen LogP contribution is -2.67. The molecule has 1 aromatic carbocycles. The van der Waals surface area contributed by atoms with Crippen LogP contribution in [-0.2, 0) is 10.9 Å². The molecule has 15 heteroatoms. The van der Waals surface area contributed by atoms with E-state index in [4.69, 9.17) is 4.74 Å². The normalized spacial score (nSPS) is 20.9. The van der Waals surface area contributed by atoms with Crippen LogP contribution >= 0.6 is 15.9 Å². The topological polar surface area (TPSA) is 103 Å². The standard InChI is InChI=1S/C28H33BrF4N8O2/c1-26(2,3)43-25(42)40-10-8-16(11-15(40)7-9-34)41-23-17-12-18(28(31,32)33)19(29)20(30)21(17)35-24(22(23)36-37-41)39-13-27(4,14-39)38(5)6/h12,15-16H,7-8,10-11,13-14H2,1-6H3/t15-,16-/m0/s1. The average molecular weight is 670 g/mol. The Bertz CT molecular complexity index is 1620. The average Bonchev–Trinajstić information content (AvgIpc) is 3.32. The molecular formula is C28H33BrF4N8O2. The van der Waals surface area contributed by atoms with Crippen LogP contribution in [-0.4, -0.2) is 86.8 Å². The number of carbonyl (C=O) groups excluding carboxylic acids is 1. The highest BCUT2D eigenvalue weighted by Gasteiger charge is 2.44. The molecule has 0 N–H and O–H groups in total. The fraction of sp³-hybridized carbons (Fsp3) is 0.607. The number of amides is 1. The van der Waals surface area contributed by atoms with Gasteiger partial charge < -0.3 is 19.4 Å². The van der Waals surface area contributed by atoms with E-state index in [1.165, 1.54) is 9.58 Å². The summed E-state index contributed by atoms with van der Waals surface area (Å²) < 4.78 is 64.0. The van der Waals surface area contributed by atoms with Crippen LogP contribution in [0.2, 0.25) is 0 Å². The number of hydrogen-bond acceptors (Lipinski definition) is 8. The summed E-state index contributed by atoms with van der Waals surface area (Å²) in [7, 11) is 3.90. The SMILES string of the molecule is CN(C)C1(C)CN(c2nc3c(F)c(Br)c(C(F)(F)F)cc3c3c2nnn3[C@H]2CCN(C(=O)OC(C)(C)C)[C@@H](CC#N)C2)C1. The predicted octanol–water partition coefficient (Wildman–Crippen LogP) is 5.89. The Morgan fingerprint density at radius 2 is 1.93 bits per heavy atom. The Kier molecular flexibility index (Phi) is 7.78. The van der Waals surface area contributed by atoms with Crippen molar-refractivity contribution in [2.45, 2.75) is 76.4 Å². The molecule has 5 rings (SSSR count). The number of benzene rings is 1. The van der Waals surface area contributed by atoms with Gasteiger partial charge in [0.1, 0.15) is 16.6 Å². The number of likely N-dealkylation sites (tertiary alicyclic amines) is 1. The van der Waals surface area contributed by atoms with Gasteiger partial charge in [-0.15, -0.1) is 5.10 Å². The molecule has 43 heavy (non-hydrogen) atoms. The first kappa shape index (κ1) is 31.2. The number of fused-ring (bicyclic) bond motifs is 3. The number of nitrogens with zero attached hydrogens (tertiary/aromatic N) is 8. The molecule has 2 aliphatic heterocycles. The van der Waals surface area contributed by atoms with Gasteiger partial charge in [0.25, 0.3) is 0 Å². The van der Waals surface area contributed by atoms with Crippen LogP contribution in [0.4, 0.5) is 28.2 Å². The number of ether oxygens (including phenoxy) is 1. The molecule has 0 radical (unpaired) electrons. The van der Waals surface area contributed by atoms with Gasteiger partial charge in [-0.05, 0) is 76.6 Å². The van der Waals surface area contributed by atoms with Gasteiger partial charge in [0.2, 0.25) is 0 Å². The first-order valence-electron chi connectivity index (χ1n) is 13.9. The van der Waals surface area contributed by atoms with E-state index in [-0.39, 0.29) is 46.9 Å². The molecule has 232 valence electrons. The fourth-order valence-electron chi connectivity index (χ4n) is 5.76. The third-order valence-corrected chi connectivity index (χ3v) is 9.07. The van der Waals surface area contributed by atoms with Crippen molar-refractivity contribution >= 4 is 49.8 Å². The van der Waals surface area contributed by atoms with Crippen LogP contribution in [0.1, 0.15) is 58.6 Å². The summed E-state index contributed by atoms with van der Waals surface area (Å²) in [5.41, 5.74) is -1.84. The molecule has 0 spiro atoms. The minimum absolute atomic E-state index is 0.0205. The summed E-state index contributed by atoms with van der Waals surface area (Å²) in [6.45, 7) is 8.64. The monoisotopic (exact) mass is 668 g/mol. The minimum Gasteiger partial charge on any atom is -0.444 e. The molecule has 0 saturated carbocycles. The van der Waals surface area contributed by atoms with Gasteiger partial charge in [-0.2, -0.15) is 18.4 Å². The van der Waals surface area contributed by atoms with Crippen LogP contribution in [0.5, 0.6) is 0 Å². The van der Waals surface area contributed by atoms with Crippen molar-refractivity contribution in [1.82, 2.24) is 29.8 Å². The number of hydrogen-bond donors (Lipinski definition) is 0. The second-order valence-corrected chi connectivity index (χ2v) is 13.5. The molecule has 1 amide bonds. The second kappa shape index (κ2) is 10.7. The van der Waals surface area contributed by atoms with Crippen LogP contribution in [0.15, 0.2) is 10.5 Å². The first-order chi connectivity index (χ1) is 19.9. The summed E-state index contributed by atoms with van der Waals surface area (Å²) in [5.74, 6) is -0.794. The highest BCUT2D eigenvalue weighted by Crippen LogP contribution is 2.44. The Labute approximate surface area is 254 Å². The third kappa shape index (κ3) is 5.59. The van der Waals surface area contributed by atoms with E-state index < -0.39 is 45.8 Å². The number of halogens is 5. The van der Waals surface area contributed by atoms with E-state index in [1.807, 2.05) is 19.0 Å². The zero-order valence-electron chi connectivity index (χ0n) is 24.8. The van der Waals surface area contributed by atoms with Crippen LogP contribution in [0.3, 0.4) is 0 Å². The van der Waals surface area contributed by atoms with E-state index >= 15 is 4.39 Å². The number of rotatable bonds is 4. The number of nitriles is 1. The lowest BCUT2D eigenvalue weighted by molar-refractivity contribution is -0.138. The van der Waals surface area contributed by atoms with Gasteiger partial charge in [0.05, 0.1) is 40.1 Å². The molecule has 0 unspecified atom stereocenters. The van der Waals surface area contributed by atoms with E-state index in [0.717, 1.165) is 6.07 Å². The Morgan fingerprint density at radius 1 is 1.26 bits per heavy atom. The smallest absolute Gasteiger partial charge is 0.417 e. The predicted molar refractivity (Wildman–Crippen MR) is 155 cm³/mol. The van der Waals surface area contributed by atoms with Gasteiger partial charge in [-0.1, -0.05) is 5.21 Å². The van der Waals surface area contributed by atoms with Crippen molar-refractivity contribution in [3.05, 3.63) is 21.9 Å². The van der Waals surface area contributed by atoms with E-state index in [1.54, 1.807) is 20.8 Å². The number of anilines is 1. The Balaban J connectivity index is 1.64. The largest absolute Gasteiger partial charge is 0.444 e. The zero-order valence-corrected chi connectivity index (χ0v) is 26.3. The van der Waals surface area contributed by atoms with Gasteiger partial charge in [-0.3, -0.25) is 0 Å². The van der Waals surface area contributed by atoms with Crippen LogP contribution in [0, 0.1) is 17.1 Å².